The molecule has 0 nitrogen and oxygen atoms in total. The molecule has 0 aromatic rings. The number of terminal acetylenes is 1. The van der Waals surface area contributed by atoms with Gasteiger partial charge in [0.1, 0.15) is 0 Å². The van der Waals surface area contributed by atoms with Gasteiger partial charge in [0, 0.05) is 0 Å². The fourth-order valence-corrected chi connectivity index (χ4v) is 2.37. The molecule has 1 saturated carbocycles. The van der Waals surface area contributed by atoms with Gasteiger partial charge in [-0.1, -0.05) is 77.6 Å². The van der Waals surface area contributed by atoms with E-state index in [2.05, 4.69) is 19.8 Å². The van der Waals surface area contributed by atoms with Crippen molar-refractivity contribution in [1.82, 2.24) is 0 Å². The average molecular weight is 245 g/mol. The van der Waals surface area contributed by atoms with Crippen LogP contribution in [0.3, 0.4) is 0 Å². The molecule has 0 N–H and O–H groups in total. The Hall–Kier alpha value is -0.150. The summed E-state index contributed by atoms with van der Waals surface area (Å²) in [6, 6.07) is 0. The number of rotatable bonds is 0. The lowest BCUT2D eigenvalue weighted by atomic mass is 9.94. The van der Waals surface area contributed by atoms with Gasteiger partial charge in [0.15, 0.2) is 0 Å². The highest BCUT2D eigenvalue weighted by Crippen LogP contribution is 2.20. The van der Waals surface area contributed by atoms with Crippen molar-refractivity contribution >= 4 is 12.4 Å². The van der Waals surface area contributed by atoms with Gasteiger partial charge in [0.05, 0.1) is 0 Å². The minimum Gasteiger partial charge on any atom is -0.147 e. The topological polar surface area (TPSA) is 0 Å². The minimum atomic E-state index is 0. The van der Waals surface area contributed by atoms with Crippen LogP contribution in [0.5, 0.6) is 0 Å². The summed E-state index contributed by atoms with van der Waals surface area (Å²) in [4.78, 5) is 0. The molecule has 1 fully saturated rings. The van der Waals surface area contributed by atoms with E-state index < -0.39 is 0 Å². The van der Waals surface area contributed by atoms with Crippen LogP contribution in [0.15, 0.2) is 0 Å². The molecule has 1 aliphatic rings. The monoisotopic (exact) mass is 244 g/mol. The second-order valence-electron chi connectivity index (χ2n) is 4.86. The van der Waals surface area contributed by atoms with Crippen molar-refractivity contribution in [1.29, 1.82) is 0 Å². The van der Waals surface area contributed by atoms with Gasteiger partial charge in [-0.2, -0.15) is 0 Å². The van der Waals surface area contributed by atoms with Gasteiger partial charge < -0.3 is 0 Å². The van der Waals surface area contributed by atoms with Crippen molar-refractivity contribution in [3.63, 3.8) is 0 Å². The van der Waals surface area contributed by atoms with E-state index in [1.807, 2.05) is 0 Å². The molecular formula is C15H29Cl. The van der Waals surface area contributed by atoms with Crippen LogP contribution in [0.1, 0.15) is 77.6 Å². The lowest BCUT2D eigenvalue weighted by molar-refractivity contribution is 0.420. The fourth-order valence-electron chi connectivity index (χ4n) is 2.37. The molecule has 0 amide bonds. The molecule has 0 radical (unpaired) electrons. The van der Waals surface area contributed by atoms with Gasteiger partial charge in [-0.25, -0.2) is 0 Å². The summed E-state index contributed by atoms with van der Waals surface area (Å²) >= 11 is 0. The van der Waals surface area contributed by atoms with Crippen molar-refractivity contribution in [2.75, 3.05) is 0 Å². The number of hydrogen-bond acceptors (Lipinski definition) is 0. The molecule has 0 aliphatic heterocycles. The Morgan fingerprint density at radius 1 is 0.625 bits per heavy atom. The molecule has 0 bridgehead atoms. The van der Waals surface area contributed by atoms with E-state index in [4.69, 9.17) is 0 Å². The van der Waals surface area contributed by atoms with Crippen LogP contribution in [0.25, 0.3) is 0 Å². The zero-order valence-electron chi connectivity index (χ0n) is 10.9. The molecule has 0 aromatic carbocycles. The Bertz CT molecular complexity index is 128. The van der Waals surface area contributed by atoms with Gasteiger partial charge in [0.25, 0.3) is 0 Å². The van der Waals surface area contributed by atoms with Crippen molar-refractivity contribution in [2.24, 2.45) is 5.92 Å². The zero-order chi connectivity index (χ0) is 11.4. The van der Waals surface area contributed by atoms with Gasteiger partial charge in [-0.05, 0) is 5.92 Å². The maximum absolute atomic E-state index is 4.00. The molecule has 0 heterocycles. The van der Waals surface area contributed by atoms with E-state index in [9.17, 15) is 0 Å². The molecule has 1 aliphatic carbocycles. The van der Waals surface area contributed by atoms with E-state index in [1.165, 1.54) is 70.6 Å². The second kappa shape index (κ2) is 14.8. The van der Waals surface area contributed by atoms with E-state index >= 15 is 0 Å². The molecule has 0 aromatic heterocycles. The highest BCUT2D eigenvalue weighted by atomic mass is 35.5. The predicted molar refractivity (Wildman–Crippen MR) is 77.1 cm³/mol. The normalized spacial score (nSPS) is 20.2. The van der Waals surface area contributed by atoms with Crippen molar-refractivity contribution < 1.29 is 0 Å². The van der Waals surface area contributed by atoms with Gasteiger partial charge >= 0.3 is 0 Å². The van der Waals surface area contributed by atoms with Crippen molar-refractivity contribution in [3.05, 3.63) is 0 Å². The Balaban J connectivity index is 0. The van der Waals surface area contributed by atoms with Crippen LogP contribution in [-0.4, -0.2) is 0 Å². The van der Waals surface area contributed by atoms with Crippen LogP contribution in [0, 0.1) is 18.8 Å². The smallest absolute Gasteiger partial charge is 0.0443 e. The second-order valence-corrected chi connectivity index (χ2v) is 4.86. The first kappa shape index (κ1) is 18.2. The van der Waals surface area contributed by atoms with Gasteiger partial charge in [-0.3, -0.25) is 0 Å². The van der Waals surface area contributed by atoms with Crippen LogP contribution >= 0.6 is 12.4 Å². The molecule has 96 valence electrons. The fraction of sp³-hybridized carbons (Fsp3) is 0.867. The summed E-state index contributed by atoms with van der Waals surface area (Å²) in [5.41, 5.74) is 0. The standard InChI is InChI=1S/C13H26.C2H2.ClH/c1-13-11-9-7-5-3-2-4-6-8-10-12-13;1-2;/h13H,2-12H2,1H3;1-2H;1H. The summed E-state index contributed by atoms with van der Waals surface area (Å²) in [7, 11) is 0. The molecule has 1 rings (SSSR count). The molecule has 0 atom stereocenters. The summed E-state index contributed by atoms with van der Waals surface area (Å²) in [6.45, 7) is 2.44. The Kier molecular flexibility index (Phi) is 16.9. The summed E-state index contributed by atoms with van der Waals surface area (Å²) in [5, 5.41) is 0. The van der Waals surface area contributed by atoms with Gasteiger partial charge in [0.2, 0.25) is 0 Å². The molecule has 0 saturated heterocycles. The SMILES string of the molecule is C#C.CC1CCCCCCCCCCC1.Cl. The van der Waals surface area contributed by atoms with Crippen molar-refractivity contribution in [3.8, 4) is 12.8 Å². The van der Waals surface area contributed by atoms with E-state index in [0.717, 1.165) is 5.92 Å². The molecule has 0 spiro atoms. The third-order valence-corrected chi connectivity index (χ3v) is 3.39. The molecule has 16 heavy (non-hydrogen) atoms. The summed E-state index contributed by atoms with van der Waals surface area (Å²) in [6.07, 6.45) is 24.4. The molecule has 0 unspecified atom stereocenters. The van der Waals surface area contributed by atoms with E-state index in [0.29, 0.717) is 0 Å². The Labute approximate surface area is 109 Å². The van der Waals surface area contributed by atoms with E-state index in [-0.39, 0.29) is 12.4 Å². The van der Waals surface area contributed by atoms with E-state index in [1.54, 1.807) is 0 Å². The maximum atomic E-state index is 4.00. The third kappa shape index (κ3) is 11.9. The Morgan fingerprint density at radius 2 is 0.875 bits per heavy atom. The van der Waals surface area contributed by atoms with Crippen LogP contribution < -0.4 is 0 Å². The van der Waals surface area contributed by atoms with Crippen LogP contribution in [0.4, 0.5) is 0 Å². The number of hydrogen-bond donors (Lipinski definition) is 0. The Morgan fingerprint density at radius 3 is 1.19 bits per heavy atom. The molecular weight excluding hydrogens is 216 g/mol. The van der Waals surface area contributed by atoms with Crippen LogP contribution in [-0.2, 0) is 0 Å². The lowest BCUT2D eigenvalue weighted by Gasteiger charge is -2.12. The first-order chi connectivity index (χ1) is 7.39. The van der Waals surface area contributed by atoms with Crippen LogP contribution in [0.2, 0.25) is 0 Å². The largest absolute Gasteiger partial charge is 0.147 e. The summed E-state index contributed by atoms with van der Waals surface area (Å²) in [5.74, 6) is 0.999. The summed E-state index contributed by atoms with van der Waals surface area (Å²) < 4.78 is 0. The highest BCUT2D eigenvalue weighted by Gasteiger charge is 2.03. The quantitative estimate of drug-likeness (QED) is 0.487. The minimum absolute atomic E-state index is 0. The average Bonchev–Trinajstić information content (AvgIpc) is 2.26. The highest BCUT2D eigenvalue weighted by molar-refractivity contribution is 5.85. The first-order valence-electron chi connectivity index (χ1n) is 6.73. The van der Waals surface area contributed by atoms with Gasteiger partial charge in [-0.15, -0.1) is 25.3 Å². The maximum Gasteiger partial charge on any atom is -0.0443 e. The third-order valence-electron chi connectivity index (χ3n) is 3.39. The predicted octanol–water partition coefficient (Wildman–Crippen LogP) is 5.60. The van der Waals surface area contributed by atoms with Crippen molar-refractivity contribution in [2.45, 2.75) is 77.6 Å². The first-order valence-corrected chi connectivity index (χ1v) is 6.73. The zero-order valence-corrected chi connectivity index (χ0v) is 11.7. The molecule has 1 heteroatoms. The number of halogens is 1. The lowest BCUT2D eigenvalue weighted by Crippen LogP contribution is -1.96.